The number of hydrogen-bond acceptors (Lipinski definition) is 2. The highest BCUT2D eigenvalue weighted by Gasteiger charge is 2.11. The standard InChI is InChI=1S/C16H16BrNO/c1-10-4-3-5-11(2)13(10)9-16(19)12-6-7-15(18)14(17)8-12/h3-8H,9,18H2,1-2H3. The molecule has 0 fully saturated rings. The molecule has 0 saturated carbocycles. The van der Waals surface area contributed by atoms with E-state index in [0.29, 0.717) is 17.7 Å². The van der Waals surface area contributed by atoms with Crippen molar-refractivity contribution in [1.29, 1.82) is 0 Å². The van der Waals surface area contributed by atoms with Crippen molar-refractivity contribution in [2.45, 2.75) is 20.3 Å². The summed E-state index contributed by atoms with van der Waals surface area (Å²) < 4.78 is 0.764. The van der Waals surface area contributed by atoms with Crippen molar-refractivity contribution in [3.63, 3.8) is 0 Å². The number of carbonyl (C=O) groups excluding carboxylic acids is 1. The third-order valence-corrected chi connectivity index (χ3v) is 3.99. The van der Waals surface area contributed by atoms with Crippen LogP contribution in [-0.4, -0.2) is 5.78 Å². The van der Waals surface area contributed by atoms with Gasteiger partial charge >= 0.3 is 0 Å². The number of nitrogens with two attached hydrogens (primary N) is 1. The molecule has 0 heterocycles. The first kappa shape index (κ1) is 13.8. The Bertz CT molecular complexity index is 614. The molecule has 2 rings (SSSR count). The second-order valence-electron chi connectivity index (χ2n) is 4.71. The maximum Gasteiger partial charge on any atom is 0.167 e. The van der Waals surface area contributed by atoms with Crippen molar-refractivity contribution in [1.82, 2.24) is 0 Å². The van der Waals surface area contributed by atoms with Gasteiger partial charge in [0.1, 0.15) is 0 Å². The quantitative estimate of drug-likeness (QED) is 0.685. The van der Waals surface area contributed by atoms with Gasteiger partial charge in [0, 0.05) is 22.1 Å². The summed E-state index contributed by atoms with van der Waals surface area (Å²) in [6, 6.07) is 11.4. The van der Waals surface area contributed by atoms with E-state index in [4.69, 9.17) is 5.73 Å². The molecule has 3 heteroatoms. The number of hydrogen-bond donors (Lipinski definition) is 1. The summed E-state index contributed by atoms with van der Waals surface area (Å²) in [5.41, 5.74) is 10.5. The number of rotatable bonds is 3. The van der Waals surface area contributed by atoms with Gasteiger partial charge in [0.2, 0.25) is 0 Å². The summed E-state index contributed by atoms with van der Waals surface area (Å²) in [5.74, 6) is 0.109. The minimum Gasteiger partial charge on any atom is -0.398 e. The van der Waals surface area contributed by atoms with Crippen LogP contribution in [0.2, 0.25) is 0 Å². The zero-order valence-corrected chi connectivity index (χ0v) is 12.6. The summed E-state index contributed by atoms with van der Waals surface area (Å²) in [4.78, 5) is 12.3. The molecule has 2 N–H and O–H groups in total. The highest BCUT2D eigenvalue weighted by molar-refractivity contribution is 9.10. The summed E-state index contributed by atoms with van der Waals surface area (Å²) in [5, 5.41) is 0. The van der Waals surface area contributed by atoms with Gasteiger partial charge in [-0.2, -0.15) is 0 Å². The van der Waals surface area contributed by atoms with Crippen molar-refractivity contribution in [2.24, 2.45) is 0 Å². The van der Waals surface area contributed by atoms with Crippen LogP contribution in [0.1, 0.15) is 27.0 Å². The molecule has 2 aromatic carbocycles. The van der Waals surface area contributed by atoms with Crippen LogP contribution < -0.4 is 5.73 Å². The fourth-order valence-corrected chi connectivity index (χ4v) is 2.47. The topological polar surface area (TPSA) is 43.1 Å². The summed E-state index contributed by atoms with van der Waals surface area (Å²) in [6.45, 7) is 4.07. The summed E-state index contributed by atoms with van der Waals surface area (Å²) in [6.07, 6.45) is 0.425. The van der Waals surface area contributed by atoms with Gasteiger partial charge in [-0.05, 0) is 64.7 Å². The van der Waals surface area contributed by atoms with Crippen molar-refractivity contribution < 1.29 is 4.79 Å². The van der Waals surface area contributed by atoms with E-state index in [-0.39, 0.29) is 5.78 Å². The second kappa shape index (κ2) is 5.57. The number of carbonyl (C=O) groups is 1. The van der Waals surface area contributed by atoms with E-state index in [1.54, 1.807) is 18.2 Å². The molecule has 0 aliphatic rings. The van der Waals surface area contributed by atoms with Crippen LogP contribution in [-0.2, 0) is 6.42 Å². The fraction of sp³-hybridized carbons (Fsp3) is 0.188. The van der Waals surface area contributed by atoms with Crippen LogP contribution >= 0.6 is 15.9 Å². The van der Waals surface area contributed by atoms with E-state index < -0.39 is 0 Å². The summed E-state index contributed by atoms with van der Waals surface area (Å²) in [7, 11) is 0. The predicted octanol–water partition coefficient (Wildman–Crippen LogP) is 4.07. The van der Waals surface area contributed by atoms with Crippen LogP contribution in [0.5, 0.6) is 0 Å². The molecule has 0 amide bonds. The number of nitrogen functional groups attached to an aromatic ring is 1. The lowest BCUT2D eigenvalue weighted by Crippen LogP contribution is -2.07. The van der Waals surface area contributed by atoms with Crippen LogP contribution in [0.3, 0.4) is 0 Å². The van der Waals surface area contributed by atoms with E-state index in [2.05, 4.69) is 15.9 Å². The maximum absolute atomic E-state index is 12.3. The Morgan fingerprint density at radius 3 is 2.37 bits per heavy atom. The van der Waals surface area contributed by atoms with Crippen LogP contribution in [0.4, 0.5) is 5.69 Å². The molecule has 0 saturated heterocycles. The number of benzene rings is 2. The Hall–Kier alpha value is -1.61. The zero-order valence-electron chi connectivity index (χ0n) is 11.0. The van der Waals surface area contributed by atoms with Gasteiger partial charge < -0.3 is 5.73 Å². The second-order valence-corrected chi connectivity index (χ2v) is 5.56. The third kappa shape index (κ3) is 3.04. The normalized spacial score (nSPS) is 10.5. The summed E-state index contributed by atoms with van der Waals surface area (Å²) >= 11 is 3.35. The molecule has 0 spiro atoms. The largest absolute Gasteiger partial charge is 0.398 e. The first-order valence-corrected chi connectivity index (χ1v) is 6.91. The third-order valence-electron chi connectivity index (χ3n) is 3.30. The smallest absolute Gasteiger partial charge is 0.167 e. The predicted molar refractivity (Wildman–Crippen MR) is 82.5 cm³/mol. The van der Waals surface area contributed by atoms with Crippen molar-refractivity contribution in [3.05, 3.63) is 63.1 Å². The Morgan fingerprint density at radius 1 is 1.16 bits per heavy atom. The number of aryl methyl sites for hydroxylation is 2. The highest BCUT2D eigenvalue weighted by Crippen LogP contribution is 2.22. The van der Waals surface area contributed by atoms with E-state index in [1.165, 1.54) is 0 Å². The number of anilines is 1. The van der Waals surface area contributed by atoms with E-state index in [0.717, 1.165) is 21.2 Å². The Kier molecular flexibility index (Phi) is 4.05. The van der Waals surface area contributed by atoms with Gasteiger partial charge in [-0.3, -0.25) is 4.79 Å². The minimum absolute atomic E-state index is 0.109. The van der Waals surface area contributed by atoms with Gasteiger partial charge in [0.05, 0.1) is 0 Å². The average molecular weight is 318 g/mol. The Balaban J connectivity index is 2.28. The molecule has 2 nitrogen and oxygen atoms in total. The molecule has 98 valence electrons. The molecule has 0 radical (unpaired) electrons. The lowest BCUT2D eigenvalue weighted by Gasteiger charge is -2.09. The van der Waals surface area contributed by atoms with Gasteiger partial charge in [0.15, 0.2) is 5.78 Å². The first-order chi connectivity index (χ1) is 8.99. The maximum atomic E-state index is 12.3. The van der Waals surface area contributed by atoms with Crippen LogP contribution in [0, 0.1) is 13.8 Å². The molecule has 0 unspecified atom stereocenters. The Labute approximate surface area is 121 Å². The number of ketones is 1. The van der Waals surface area contributed by atoms with Gasteiger partial charge in [-0.1, -0.05) is 18.2 Å². The van der Waals surface area contributed by atoms with Crippen LogP contribution in [0.25, 0.3) is 0 Å². The molecule has 2 aromatic rings. The Morgan fingerprint density at radius 2 is 1.79 bits per heavy atom. The molecule has 0 aliphatic carbocycles. The zero-order chi connectivity index (χ0) is 14.0. The van der Waals surface area contributed by atoms with E-state index >= 15 is 0 Å². The fourth-order valence-electron chi connectivity index (χ4n) is 2.09. The first-order valence-electron chi connectivity index (χ1n) is 6.12. The average Bonchev–Trinajstić information content (AvgIpc) is 2.37. The minimum atomic E-state index is 0.109. The van der Waals surface area contributed by atoms with Gasteiger partial charge in [-0.15, -0.1) is 0 Å². The molecule has 19 heavy (non-hydrogen) atoms. The monoisotopic (exact) mass is 317 g/mol. The molecule has 0 bridgehead atoms. The van der Waals surface area contributed by atoms with Gasteiger partial charge in [0.25, 0.3) is 0 Å². The molecule has 0 aliphatic heterocycles. The van der Waals surface area contributed by atoms with E-state index in [1.807, 2.05) is 32.0 Å². The van der Waals surface area contributed by atoms with Crippen molar-refractivity contribution in [2.75, 3.05) is 5.73 Å². The van der Waals surface area contributed by atoms with Crippen LogP contribution in [0.15, 0.2) is 40.9 Å². The molecule has 0 aromatic heterocycles. The molecular formula is C16H16BrNO. The number of Topliss-reactive ketones (excluding diaryl/α,β-unsaturated/α-hetero) is 1. The molecular weight excluding hydrogens is 302 g/mol. The highest BCUT2D eigenvalue weighted by atomic mass is 79.9. The SMILES string of the molecule is Cc1cccc(C)c1CC(=O)c1ccc(N)c(Br)c1. The van der Waals surface area contributed by atoms with Crippen molar-refractivity contribution >= 4 is 27.4 Å². The molecule has 0 atom stereocenters. The number of halogens is 1. The van der Waals surface area contributed by atoms with Crippen molar-refractivity contribution in [3.8, 4) is 0 Å². The van der Waals surface area contributed by atoms with Gasteiger partial charge in [-0.25, -0.2) is 0 Å². The van der Waals surface area contributed by atoms with E-state index in [9.17, 15) is 4.79 Å². The lowest BCUT2D eigenvalue weighted by molar-refractivity contribution is 0.0992. The lowest BCUT2D eigenvalue weighted by atomic mass is 9.95.